The molecule has 2 N–H and O–H groups in total. The Morgan fingerprint density at radius 1 is 1.03 bits per heavy atom. The lowest BCUT2D eigenvalue weighted by molar-refractivity contribution is 0.131. The van der Waals surface area contributed by atoms with E-state index in [0.29, 0.717) is 6.54 Å². The summed E-state index contributed by atoms with van der Waals surface area (Å²) in [6.07, 6.45) is 1.06. The molecule has 1 saturated heterocycles. The van der Waals surface area contributed by atoms with E-state index in [0.717, 1.165) is 71.3 Å². The average molecular weight is 433 g/mol. The standard InChI is InChI=1S/C24H44N6O/c1-5-25-24(26-12-14-28(3)13-9-19-31-4)27-20-22-10-7-8-11-23(22)21-30-17-15-29(6-2)16-18-30/h7-8,10-11H,5-6,9,12-21H2,1-4H3,(H2,25,26,27). The van der Waals surface area contributed by atoms with Crippen molar-refractivity contribution >= 4 is 5.96 Å². The van der Waals surface area contributed by atoms with Gasteiger partial charge in [0.2, 0.25) is 0 Å². The lowest BCUT2D eigenvalue weighted by Crippen LogP contribution is -2.45. The van der Waals surface area contributed by atoms with Crippen molar-refractivity contribution in [1.29, 1.82) is 0 Å². The summed E-state index contributed by atoms with van der Waals surface area (Å²) in [5.74, 6) is 0.888. The third-order valence-corrected chi connectivity index (χ3v) is 5.85. The summed E-state index contributed by atoms with van der Waals surface area (Å²) < 4.78 is 5.13. The highest BCUT2D eigenvalue weighted by atomic mass is 16.5. The van der Waals surface area contributed by atoms with E-state index >= 15 is 0 Å². The van der Waals surface area contributed by atoms with Gasteiger partial charge in [0, 0.05) is 72.6 Å². The first kappa shape index (κ1) is 25.6. The number of likely N-dealkylation sites (N-methyl/N-ethyl adjacent to an activating group) is 2. The third-order valence-electron chi connectivity index (χ3n) is 5.85. The van der Waals surface area contributed by atoms with E-state index in [2.05, 4.69) is 70.5 Å². The summed E-state index contributed by atoms with van der Waals surface area (Å²) in [6.45, 7) is 16.4. The van der Waals surface area contributed by atoms with Crippen LogP contribution >= 0.6 is 0 Å². The Kier molecular flexibility index (Phi) is 12.5. The smallest absolute Gasteiger partial charge is 0.191 e. The van der Waals surface area contributed by atoms with Gasteiger partial charge in [0.1, 0.15) is 0 Å². The highest BCUT2D eigenvalue weighted by Crippen LogP contribution is 2.14. The van der Waals surface area contributed by atoms with Gasteiger partial charge in [-0.1, -0.05) is 31.2 Å². The molecule has 0 aliphatic carbocycles. The van der Waals surface area contributed by atoms with Crippen LogP contribution in [0.3, 0.4) is 0 Å². The zero-order valence-corrected chi connectivity index (χ0v) is 20.2. The quantitative estimate of drug-likeness (QED) is 0.282. The molecule has 0 spiro atoms. The first-order valence-electron chi connectivity index (χ1n) is 11.9. The molecule has 0 unspecified atom stereocenters. The van der Waals surface area contributed by atoms with E-state index in [-0.39, 0.29) is 0 Å². The summed E-state index contributed by atoms with van der Waals surface area (Å²) in [5.41, 5.74) is 2.71. The van der Waals surface area contributed by atoms with Crippen LogP contribution in [0.25, 0.3) is 0 Å². The molecule has 0 saturated carbocycles. The molecule has 1 fully saturated rings. The second kappa shape index (κ2) is 15.2. The molecule has 1 aromatic carbocycles. The van der Waals surface area contributed by atoms with Gasteiger partial charge in [0.15, 0.2) is 5.96 Å². The van der Waals surface area contributed by atoms with Crippen molar-refractivity contribution in [2.45, 2.75) is 33.4 Å². The number of ether oxygens (including phenoxy) is 1. The maximum Gasteiger partial charge on any atom is 0.191 e. The van der Waals surface area contributed by atoms with Crippen LogP contribution in [-0.4, -0.2) is 100 Å². The fraction of sp³-hybridized carbons (Fsp3) is 0.708. The number of nitrogens with zero attached hydrogens (tertiary/aromatic N) is 4. The molecule has 0 bridgehead atoms. The molecule has 176 valence electrons. The summed E-state index contributed by atoms with van der Waals surface area (Å²) in [5, 5.41) is 6.85. The van der Waals surface area contributed by atoms with Crippen molar-refractivity contribution in [1.82, 2.24) is 25.3 Å². The van der Waals surface area contributed by atoms with Crippen LogP contribution < -0.4 is 10.6 Å². The summed E-state index contributed by atoms with van der Waals surface area (Å²) >= 11 is 0. The van der Waals surface area contributed by atoms with Crippen LogP contribution in [0.2, 0.25) is 0 Å². The van der Waals surface area contributed by atoms with Gasteiger partial charge in [0.05, 0.1) is 6.54 Å². The Balaban J connectivity index is 1.86. The van der Waals surface area contributed by atoms with Gasteiger partial charge in [0.25, 0.3) is 0 Å². The molecule has 1 aliphatic heterocycles. The van der Waals surface area contributed by atoms with Crippen molar-refractivity contribution in [3.05, 3.63) is 35.4 Å². The molecule has 7 heteroatoms. The van der Waals surface area contributed by atoms with Crippen LogP contribution in [0, 0.1) is 0 Å². The van der Waals surface area contributed by atoms with Gasteiger partial charge in [-0.3, -0.25) is 4.90 Å². The molecular weight excluding hydrogens is 388 g/mol. The largest absolute Gasteiger partial charge is 0.385 e. The highest BCUT2D eigenvalue weighted by Gasteiger charge is 2.16. The van der Waals surface area contributed by atoms with Crippen molar-refractivity contribution in [3.63, 3.8) is 0 Å². The first-order chi connectivity index (χ1) is 15.2. The second-order valence-corrected chi connectivity index (χ2v) is 8.25. The monoisotopic (exact) mass is 432 g/mol. The minimum Gasteiger partial charge on any atom is -0.385 e. The zero-order valence-electron chi connectivity index (χ0n) is 20.2. The maximum absolute atomic E-state index is 5.13. The number of hydrogen-bond donors (Lipinski definition) is 2. The number of rotatable bonds is 13. The second-order valence-electron chi connectivity index (χ2n) is 8.25. The maximum atomic E-state index is 5.13. The molecule has 2 rings (SSSR count). The van der Waals surface area contributed by atoms with E-state index in [1.165, 1.54) is 24.2 Å². The number of guanidine groups is 1. The first-order valence-corrected chi connectivity index (χ1v) is 11.9. The Bertz CT molecular complexity index is 630. The van der Waals surface area contributed by atoms with Crippen molar-refractivity contribution in [3.8, 4) is 0 Å². The van der Waals surface area contributed by atoms with E-state index < -0.39 is 0 Å². The fourth-order valence-corrected chi connectivity index (χ4v) is 3.83. The topological polar surface area (TPSA) is 55.4 Å². The Morgan fingerprint density at radius 3 is 2.42 bits per heavy atom. The summed E-state index contributed by atoms with van der Waals surface area (Å²) in [6, 6.07) is 8.74. The molecule has 0 radical (unpaired) electrons. The van der Waals surface area contributed by atoms with Gasteiger partial charge in [-0.2, -0.15) is 0 Å². The van der Waals surface area contributed by atoms with Gasteiger partial charge in [-0.25, -0.2) is 4.99 Å². The average Bonchev–Trinajstić information content (AvgIpc) is 2.79. The van der Waals surface area contributed by atoms with Crippen LogP contribution in [0.5, 0.6) is 0 Å². The Hall–Kier alpha value is -1.67. The van der Waals surface area contributed by atoms with Gasteiger partial charge < -0.3 is 25.2 Å². The predicted octanol–water partition coefficient (Wildman–Crippen LogP) is 1.85. The number of piperazine rings is 1. The number of nitrogens with one attached hydrogen (secondary N) is 2. The van der Waals surface area contributed by atoms with E-state index in [4.69, 9.17) is 9.73 Å². The molecule has 1 aliphatic rings. The minimum absolute atomic E-state index is 0.699. The van der Waals surface area contributed by atoms with E-state index in [1.807, 2.05) is 0 Å². The summed E-state index contributed by atoms with van der Waals surface area (Å²) in [7, 11) is 3.91. The Morgan fingerprint density at radius 2 is 1.74 bits per heavy atom. The van der Waals surface area contributed by atoms with Gasteiger partial charge >= 0.3 is 0 Å². The molecule has 0 aromatic heterocycles. The molecule has 1 aromatic rings. The fourth-order valence-electron chi connectivity index (χ4n) is 3.83. The molecule has 0 atom stereocenters. The number of methoxy groups -OCH3 is 1. The van der Waals surface area contributed by atoms with Gasteiger partial charge in [-0.05, 0) is 38.1 Å². The zero-order chi connectivity index (χ0) is 22.3. The van der Waals surface area contributed by atoms with Crippen LogP contribution in [0.15, 0.2) is 29.3 Å². The molecule has 1 heterocycles. The van der Waals surface area contributed by atoms with E-state index in [9.17, 15) is 0 Å². The van der Waals surface area contributed by atoms with Crippen molar-refractivity contribution in [2.75, 3.05) is 79.7 Å². The summed E-state index contributed by atoms with van der Waals surface area (Å²) in [4.78, 5) is 12.3. The van der Waals surface area contributed by atoms with Gasteiger partial charge in [-0.15, -0.1) is 0 Å². The minimum atomic E-state index is 0.699. The molecule has 0 amide bonds. The normalized spacial score (nSPS) is 16.1. The van der Waals surface area contributed by atoms with Crippen LogP contribution in [0.1, 0.15) is 31.4 Å². The van der Waals surface area contributed by atoms with E-state index in [1.54, 1.807) is 7.11 Å². The number of benzene rings is 1. The third kappa shape index (κ3) is 9.99. The lowest BCUT2D eigenvalue weighted by Gasteiger charge is -2.34. The van der Waals surface area contributed by atoms with Crippen molar-refractivity contribution in [2.24, 2.45) is 4.99 Å². The number of aliphatic imine (C=N–C) groups is 1. The highest BCUT2D eigenvalue weighted by molar-refractivity contribution is 5.79. The SMILES string of the molecule is CCNC(=NCc1ccccc1CN1CCN(CC)CC1)NCCN(C)CCCOC. The molecule has 31 heavy (non-hydrogen) atoms. The lowest BCUT2D eigenvalue weighted by atomic mass is 10.1. The van der Waals surface area contributed by atoms with Crippen LogP contribution in [-0.2, 0) is 17.8 Å². The molecular formula is C24H44N6O. The Labute approximate surface area is 189 Å². The molecule has 7 nitrogen and oxygen atoms in total. The predicted molar refractivity (Wildman–Crippen MR) is 131 cm³/mol. The number of hydrogen-bond acceptors (Lipinski definition) is 5. The van der Waals surface area contributed by atoms with Crippen LogP contribution in [0.4, 0.5) is 0 Å². The van der Waals surface area contributed by atoms with Crippen molar-refractivity contribution < 1.29 is 4.74 Å².